The molecule has 0 aliphatic heterocycles. The quantitative estimate of drug-likeness (QED) is 0.0262. The van der Waals surface area contributed by atoms with Gasteiger partial charge in [-0.15, -0.1) is 0 Å². The first-order valence-electron chi connectivity index (χ1n) is 29.2. The molecule has 0 rings (SSSR count). The SMILES string of the molecule is CCCC/C=C\C/C=C\CCCCCCCC(=O)OC[C@H](COC(=O)CCCCCCCC/C=C\C/C=C\C/C=C\CCCCC)OC(=O)CCCCCCCC/C=C\C/C=C\C/C=C\CCCCC. The van der Waals surface area contributed by atoms with Crippen LogP contribution in [0.1, 0.15) is 271 Å². The lowest BCUT2D eigenvalue weighted by Crippen LogP contribution is -2.30. The van der Waals surface area contributed by atoms with Crippen molar-refractivity contribution in [1.82, 2.24) is 0 Å². The fourth-order valence-corrected chi connectivity index (χ4v) is 7.82. The highest BCUT2D eigenvalue weighted by Gasteiger charge is 2.19. The van der Waals surface area contributed by atoms with Crippen LogP contribution < -0.4 is 0 Å². The van der Waals surface area contributed by atoms with Gasteiger partial charge in [0, 0.05) is 19.3 Å². The maximum Gasteiger partial charge on any atom is 0.306 e. The zero-order valence-electron chi connectivity index (χ0n) is 45.8. The topological polar surface area (TPSA) is 78.9 Å². The molecule has 0 unspecified atom stereocenters. The molecule has 0 aliphatic carbocycles. The molecule has 0 radical (unpaired) electrons. The number of unbranched alkanes of at least 4 members (excludes halogenated alkanes) is 25. The third kappa shape index (κ3) is 55.3. The Morgan fingerprint density at radius 2 is 0.529 bits per heavy atom. The van der Waals surface area contributed by atoms with Crippen molar-refractivity contribution < 1.29 is 28.6 Å². The molecule has 0 heterocycles. The molecule has 0 bridgehead atoms. The van der Waals surface area contributed by atoms with Gasteiger partial charge in [-0.2, -0.15) is 0 Å². The second kappa shape index (κ2) is 57.9. The molecule has 0 fully saturated rings. The summed E-state index contributed by atoms with van der Waals surface area (Å²) in [7, 11) is 0. The lowest BCUT2D eigenvalue weighted by atomic mass is 10.1. The molecule has 0 saturated heterocycles. The average molecular weight is 974 g/mol. The Labute approximate surface area is 432 Å². The third-order valence-electron chi connectivity index (χ3n) is 12.3. The first-order chi connectivity index (χ1) is 34.5. The molecule has 400 valence electrons. The van der Waals surface area contributed by atoms with Crippen molar-refractivity contribution in [3.05, 3.63) is 97.2 Å². The van der Waals surface area contributed by atoms with Crippen LogP contribution in [0.2, 0.25) is 0 Å². The van der Waals surface area contributed by atoms with Crippen molar-refractivity contribution in [1.29, 1.82) is 0 Å². The molecule has 0 amide bonds. The Hall–Kier alpha value is -3.67. The van der Waals surface area contributed by atoms with E-state index in [0.29, 0.717) is 19.3 Å². The summed E-state index contributed by atoms with van der Waals surface area (Å²) < 4.78 is 16.9. The van der Waals surface area contributed by atoms with Gasteiger partial charge in [0.15, 0.2) is 6.10 Å². The van der Waals surface area contributed by atoms with Gasteiger partial charge < -0.3 is 14.2 Å². The van der Waals surface area contributed by atoms with Crippen LogP contribution in [0.5, 0.6) is 0 Å². The van der Waals surface area contributed by atoms with Crippen molar-refractivity contribution in [2.24, 2.45) is 0 Å². The van der Waals surface area contributed by atoms with Gasteiger partial charge in [0.25, 0.3) is 0 Å². The minimum Gasteiger partial charge on any atom is -0.462 e. The van der Waals surface area contributed by atoms with Crippen LogP contribution in [-0.2, 0) is 28.6 Å². The lowest BCUT2D eigenvalue weighted by Gasteiger charge is -2.18. The maximum atomic E-state index is 12.9. The molecule has 0 spiro atoms. The number of carbonyl (C=O) groups excluding carboxylic acids is 3. The predicted octanol–water partition coefficient (Wildman–Crippen LogP) is 19.7. The highest BCUT2D eigenvalue weighted by Crippen LogP contribution is 2.14. The Kier molecular flexibility index (Phi) is 54.9. The maximum absolute atomic E-state index is 12.9. The average Bonchev–Trinajstić information content (AvgIpc) is 3.36. The van der Waals surface area contributed by atoms with Gasteiger partial charge >= 0.3 is 17.9 Å². The second-order valence-corrected chi connectivity index (χ2v) is 19.2. The van der Waals surface area contributed by atoms with E-state index in [1.807, 2.05) is 0 Å². The molecule has 0 aromatic heterocycles. The van der Waals surface area contributed by atoms with Crippen molar-refractivity contribution >= 4 is 17.9 Å². The van der Waals surface area contributed by atoms with Gasteiger partial charge in [-0.3, -0.25) is 14.4 Å². The van der Waals surface area contributed by atoms with E-state index in [1.54, 1.807) is 0 Å². The van der Waals surface area contributed by atoms with Crippen molar-refractivity contribution in [2.45, 2.75) is 277 Å². The number of hydrogen-bond acceptors (Lipinski definition) is 6. The molecule has 6 nitrogen and oxygen atoms in total. The summed E-state index contributed by atoms with van der Waals surface area (Å²) >= 11 is 0. The van der Waals surface area contributed by atoms with Gasteiger partial charge in [-0.1, -0.05) is 227 Å². The molecule has 0 saturated carbocycles. The van der Waals surface area contributed by atoms with Gasteiger partial charge in [-0.25, -0.2) is 0 Å². The van der Waals surface area contributed by atoms with Crippen LogP contribution in [0.15, 0.2) is 97.2 Å². The fraction of sp³-hybridized carbons (Fsp3) is 0.703. The molecular formula is C64H108O6. The van der Waals surface area contributed by atoms with Crippen LogP contribution in [0.25, 0.3) is 0 Å². The third-order valence-corrected chi connectivity index (χ3v) is 12.3. The number of ether oxygens (including phenoxy) is 3. The lowest BCUT2D eigenvalue weighted by molar-refractivity contribution is -0.167. The number of allylic oxidation sites excluding steroid dienone is 16. The summed E-state index contributed by atoms with van der Waals surface area (Å²) in [6, 6.07) is 0. The van der Waals surface area contributed by atoms with Crippen LogP contribution in [0, 0.1) is 0 Å². The summed E-state index contributed by atoms with van der Waals surface area (Å²) in [6.07, 6.45) is 76.7. The van der Waals surface area contributed by atoms with E-state index in [0.717, 1.165) is 128 Å². The molecule has 70 heavy (non-hydrogen) atoms. The number of hydrogen-bond donors (Lipinski definition) is 0. The molecule has 0 aromatic rings. The highest BCUT2D eigenvalue weighted by atomic mass is 16.6. The Balaban J connectivity index is 4.45. The zero-order valence-corrected chi connectivity index (χ0v) is 45.8. The predicted molar refractivity (Wildman–Crippen MR) is 302 cm³/mol. The number of rotatable bonds is 52. The number of esters is 3. The first kappa shape index (κ1) is 66.3. The standard InChI is InChI=1S/C64H108O6/c1-4-7-10-13-16-19-22-25-28-30-32-34-36-39-42-45-48-51-54-57-63(66)69-60-61(59-68-62(65)56-53-50-47-44-41-38-27-24-21-18-15-12-9-6-3)70-64(67)58-55-52-49-46-43-40-37-35-33-31-29-26-23-20-17-14-11-8-5-2/h15-20,24-29,32-35,61H,4-14,21-23,30-31,36-60H2,1-3H3/b18-15-,19-16-,20-17-,27-24-,28-25-,29-26-,34-32-,35-33-/t61-/m1/s1. The van der Waals surface area contributed by atoms with E-state index in [1.165, 1.54) is 103 Å². The second-order valence-electron chi connectivity index (χ2n) is 19.2. The van der Waals surface area contributed by atoms with Crippen molar-refractivity contribution in [3.63, 3.8) is 0 Å². The van der Waals surface area contributed by atoms with Crippen molar-refractivity contribution in [3.8, 4) is 0 Å². The summed E-state index contributed by atoms with van der Waals surface area (Å²) in [4.78, 5) is 38.2. The largest absolute Gasteiger partial charge is 0.462 e. The molecule has 0 aliphatic rings. The van der Waals surface area contributed by atoms with Crippen LogP contribution in [0.3, 0.4) is 0 Å². The minimum atomic E-state index is -0.798. The smallest absolute Gasteiger partial charge is 0.306 e. The van der Waals surface area contributed by atoms with E-state index in [2.05, 4.69) is 118 Å². The van der Waals surface area contributed by atoms with E-state index in [9.17, 15) is 14.4 Å². The first-order valence-corrected chi connectivity index (χ1v) is 29.2. The summed E-state index contributed by atoms with van der Waals surface area (Å²) in [5, 5.41) is 0. The van der Waals surface area contributed by atoms with E-state index < -0.39 is 6.10 Å². The summed E-state index contributed by atoms with van der Waals surface area (Å²) in [6.45, 7) is 6.52. The fourth-order valence-electron chi connectivity index (χ4n) is 7.82. The van der Waals surface area contributed by atoms with E-state index >= 15 is 0 Å². The van der Waals surface area contributed by atoms with Gasteiger partial charge in [0.05, 0.1) is 0 Å². The normalized spacial score (nSPS) is 12.8. The molecule has 0 N–H and O–H groups in total. The van der Waals surface area contributed by atoms with Crippen molar-refractivity contribution in [2.75, 3.05) is 13.2 Å². The van der Waals surface area contributed by atoms with Crippen LogP contribution in [0.4, 0.5) is 0 Å². The van der Waals surface area contributed by atoms with Crippen LogP contribution >= 0.6 is 0 Å². The molecular weight excluding hydrogens is 865 g/mol. The monoisotopic (exact) mass is 973 g/mol. The summed E-state index contributed by atoms with van der Waals surface area (Å²) in [5.74, 6) is -0.930. The number of carbonyl (C=O) groups is 3. The highest BCUT2D eigenvalue weighted by molar-refractivity contribution is 5.71. The molecule has 1 atom stereocenters. The van der Waals surface area contributed by atoms with Gasteiger partial charge in [0.1, 0.15) is 13.2 Å². The minimum absolute atomic E-state index is 0.0950. The Bertz CT molecular complexity index is 1400. The van der Waals surface area contributed by atoms with Gasteiger partial charge in [0.2, 0.25) is 0 Å². The molecule has 0 aromatic carbocycles. The summed E-state index contributed by atoms with van der Waals surface area (Å²) in [5.41, 5.74) is 0. The molecule has 6 heteroatoms. The Morgan fingerprint density at radius 3 is 0.843 bits per heavy atom. The van der Waals surface area contributed by atoms with Gasteiger partial charge in [-0.05, 0) is 122 Å². The van der Waals surface area contributed by atoms with Crippen LogP contribution in [-0.4, -0.2) is 37.2 Å². The Morgan fingerprint density at radius 1 is 0.286 bits per heavy atom. The zero-order chi connectivity index (χ0) is 50.7. The van der Waals surface area contributed by atoms with E-state index in [-0.39, 0.29) is 31.1 Å². The van der Waals surface area contributed by atoms with E-state index in [4.69, 9.17) is 14.2 Å².